The van der Waals surface area contributed by atoms with Gasteiger partial charge < -0.3 is 15.4 Å². The summed E-state index contributed by atoms with van der Waals surface area (Å²) in [6.45, 7) is 2.05. The van der Waals surface area contributed by atoms with Gasteiger partial charge in [0, 0.05) is 31.3 Å². The molecule has 1 aromatic rings. The molecule has 2 unspecified atom stereocenters. The van der Waals surface area contributed by atoms with Gasteiger partial charge in [0.2, 0.25) is 0 Å². The van der Waals surface area contributed by atoms with Crippen LogP contribution in [-0.2, 0) is 4.74 Å². The Labute approximate surface area is 118 Å². The molecule has 3 nitrogen and oxygen atoms in total. The number of benzene rings is 1. The number of hydrogen-bond acceptors (Lipinski definition) is 3. The summed E-state index contributed by atoms with van der Waals surface area (Å²) in [5.41, 5.74) is 6.21. The molecule has 2 atom stereocenters. The molecule has 0 aliphatic carbocycles. The van der Waals surface area contributed by atoms with E-state index in [2.05, 4.69) is 0 Å². The van der Waals surface area contributed by atoms with Crippen molar-refractivity contribution in [3.05, 3.63) is 35.4 Å². The minimum Gasteiger partial charge on any atom is -0.377 e. The van der Waals surface area contributed by atoms with E-state index in [1.807, 2.05) is 11.9 Å². The average Bonchev–Trinajstić information content (AvgIpc) is 2.42. The molecule has 1 aromatic carbocycles. The lowest BCUT2D eigenvalue weighted by molar-refractivity contribution is -0.00218. The van der Waals surface area contributed by atoms with E-state index >= 15 is 0 Å². The van der Waals surface area contributed by atoms with Gasteiger partial charge >= 0.3 is 0 Å². The molecular formula is C15H22F2N2O. The predicted molar refractivity (Wildman–Crippen MR) is 74.4 cm³/mol. The van der Waals surface area contributed by atoms with Gasteiger partial charge in [-0.2, -0.15) is 0 Å². The van der Waals surface area contributed by atoms with E-state index < -0.39 is 17.7 Å². The summed E-state index contributed by atoms with van der Waals surface area (Å²) in [6.07, 6.45) is 3.57. The molecule has 0 spiro atoms. The molecule has 112 valence electrons. The second-order valence-corrected chi connectivity index (χ2v) is 5.46. The summed E-state index contributed by atoms with van der Waals surface area (Å²) in [4.78, 5) is 2.02. The zero-order valence-corrected chi connectivity index (χ0v) is 11.8. The first-order chi connectivity index (χ1) is 9.58. The number of hydrogen-bond donors (Lipinski definition) is 1. The zero-order chi connectivity index (χ0) is 14.5. The van der Waals surface area contributed by atoms with Crippen molar-refractivity contribution >= 4 is 0 Å². The van der Waals surface area contributed by atoms with Crippen LogP contribution in [0.5, 0.6) is 0 Å². The molecular weight excluding hydrogens is 262 g/mol. The molecule has 5 heteroatoms. The standard InChI is InChI=1S/C15H22F2N2O/c1-19(9-11-5-2-3-8-20-11)10-14(18)12-6-4-7-13(16)15(12)17/h4,6-7,11,14H,2-3,5,8-10,18H2,1H3. The summed E-state index contributed by atoms with van der Waals surface area (Å²) < 4.78 is 32.5. The van der Waals surface area contributed by atoms with Crippen molar-refractivity contribution in [3.63, 3.8) is 0 Å². The number of ether oxygens (including phenoxy) is 1. The minimum absolute atomic E-state index is 0.221. The second-order valence-electron chi connectivity index (χ2n) is 5.46. The third-order valence-electron chi connectivity index (χ3n) is 3.68. The largest absolute Gasteiger partial charge is 0.377 e. The SMILES string of the molecule is CN(CC1CCCCO1)CC(N)c1cccc(F)c1F. The summed E-state index contributed by atoms with van der Waals surface area (Å²) in [5, 5.41) is 0. The zero-order valence-electron chi connectivity index (χ0n) is 11.8. The van der Waals surface area contributed by atoms with E-state index in [1.54, 1.807) is 0 Å². The molecule has 1 saturated heterocycles. The van der Waals surface area contributed by atoms with Crippen molar-refractivity contribution in [2.24, 2.45) is 5.73 Å². The molecule has 2 rings (SSSR count). The lowest BCUT2D eigenvalue weighted by Crippen LogP contribution is -2.37. The van der Waals surface area contributed by atoms with Gasteiger partial charge in [-0.05, 0) is 32.4 Å². The van der Waals surface area contributed by atoms with Crippen molar-refractivity contribution in [1.82, 2.24) is 4.90 Å². The Balaban J connectivity index is 1.89. The van der Waals surface area contributed by atoms with Crippen molar-refractivity contribution < 1.29 is 13.5 Å². The fourth-order valence-corrected chi connectivity index (χ4v) is 2.61. The first-order valence-electron chi connectivity index (χ1n) is 7.07. The predicted octanol–water partition coefficient (Wildman–Crippen LogP) is 2.47. The van der Waals surface area contributed by atoms with E-state index in [-0.39, 0.29) is 11.7 Å². The Morgan fingerprint density at radius 3 is 2.90 bits per heavy atom. The molecule has 1 aliphatic heterocycles. The maximum Gasteiger partial charge on any atom is 0.163 e. The van der Waals surface area contributed by atoms with Crippen LogP contribution in [0.4, 0.5) is 8.78 Å². The van der Waals surface area contributed by atoms with Crippen molar-refractivity contribution in [2.75, 3.05) is 26.7 Å². The van der Waals surface area contributed by atoms with Crippen LogP contribution in [0.25, 0.3) is 0 Å². The van der Waals surface area contributed by atoms with Gasteiger partial charge in [0.15, 0.2) is 11.6 Å². The second kappa shape index (κ2) is 7.11. The quantitative estimate of drug-likeness (QED) is 0.902. The van der Waals surface area contributed by atoms with Crippen LogP contribution < -0.4 is 5.73 Å². The molecule has 0 saturated carbocycles. The highest BCUT2D eigenvalue weighted by molar-refractivity contribution is 5.22. The summed E-state index contributed by atoms with van der Waals surface area (Å²) >= 11 is 0. The topological polar surface area (TPSA) is 38.5 Å². The number of likely N-dealkylation sites (N-methyl/N-ethyl adjacent to an activating group) is 1. The lowest BCUT2D eigenvalue weighted by Gasteiger charge is -2.29. The minimum atomic E-state index is -0.851. The molecule has 0 bridgehead atoms. The molecule has 1 fully saturated rings. The van der Waals surface area contributed by atoms with Crippen molar-refractivity contribution in [2.45, 2.75) is 31.4 Å². The van der Waals surface area contributed by atoms with Crippen LogP contribution in [-0.4, -0.2) is 37.7 Å². The van der Waals surface area contributed by atoms with Gasteiger partial charge in [-0.15, -0.1) is 0 Å². The number of nitrogens with zero attached hydrogens (tertiary/aromatic N) is 1. The van der Waals surface area contributed by atoms with E-state index in [1.165, 1.54) is 18.6 Å². The fraction of sp³-hybridized carbons (Fsp3) is 0.600. The molecule has 0 aromatic heterocycles. The summed E-state index contributed by atoms with van der Waals surface area (Å²) in [6, 6.07) is 3.58. The highest BCUT2D eigenvalue weighted by Crippen LogP contribution is 2.19. The van der Waals surface area contributed by atoms with E-state index in [0.29, 0.717) is 6.54 Å². The number of nitrogens with two attached hydrogens (primary N) is 1. The molecule has 1 aliphatic rings. The average molecular weight is 284 g/mol. The van der Waals surface area contributed by atoms with Gasteiger partial charge in [0.1, 0.15) is 0 Å². The van der Waals surface area contributed by atoms with Crippen LogP contribution in [0, 0.1) is 11.6 Å². The van der Waals surface area contributed by atoms with E-state index in [9.17, 15) is 8.78 Å². The molecule has 1 heterocycles. The Bertz CT molecular complexity index is 436. The first kappa shape index (κ1) is 15.4. The Kier molecular flexibility index (Phi) is 5.46. The van der Waals surface area contributed by atoms with Crippen LogP contribution in [0.3, 0.4) is 0 Å². The molecule has 20 heavy (non-hydrogen) atoms. The van der Waals surface area contributed by atoms with Crippen LogP contribution in [0.2, 0.25) is 0 Å². The third-order valence-corrected chi connectivity index (χ3v) is 3.68. The third kappa shape index (κ3) is 3.98. The first-order valence-corrected chi connectivity index (χ1v) is 7.07. The normalized spacial score (nSPS) is 21.1. The Hall–Kier alpha value is -1.04. The smallest absolute Gasteiger partial charge is 0.163 e. The van der Waals surface area contributed by atoms with Crippen LogP contribution in [0.1, 0.15) is 30.9 Å². The van der Waals surface area contributed by atoms with Crippen molar-refractivity contribution in [3.8, 4) is 0 Å². The highest BCUT2D eigenvalue weighted by Gasteiger charge is 2.19. The number of halogens is 2. The summed E-state index contributed by atoms with van der Waals surface area (Å²) in [7, 11) is 1.93. The summed E-state index contributed by atoms with van der Waals surface area (Å²) in [5.74, 6) is -1.70. The molecule has 0 radical (unpaired) electrons. The molecule has 2 N–H and O–H groups in total. The maximum atomic E-state index is 13.7. The Morgan fingerprint density at radius 1 is 1.40 bits per heavy atom. The fourth-order valence-electron chi connectivity index (χ4n) is 2.61. The van der Waals surface area contributed by atoms with Gasteiger partial charge in [-0.3, -0.25) is 0 Å². The van der Waals surface area contributed by atoms with Gasteiger partial charge in [0.05, 0.1) is 6.10 Å². The van der Waals surface area contributed by atoms with Crippen LogP contribution >= 0.6 is 0 Å². The molecule has 0 amide bonds. The van der Waals surface area contributed by atoms with Crippen molar-refractivity contribution in [1.29, 1.82) is 0 Å². The highest BCUT2D eigenvalue weighted by atomic mass is 19.2. The van der Waals surface area contributed by atoms with Gasteiger partial charge in [-0.25, -0.2) is 8.78 Å². The van der Waals surface area contributed by atoms with E-state index in [0.717, 1.165) is 32.1 Å². The van der Waals surface area contributed by atoms with Gasteiger partial charge in [-0.1, -0.05) is 12.1 Å². The monoisotopic (exact) mass is 284 g/mol. The lowest BCUT2D eigenvalue weighted by atomic mass is 10.1. The Morgan fingerprint density at radius 2 is 2.20 bits per heavy atom. The van der Waals surface area contributed by atoms with E-state index in [4.69, 9.17) is 10.5 Å². The van der Waals surface area contributed by atoms with Gasteiger partial charge in [0.25, 0.3) is 0 Å². The number of rotatable bonds is 5. The van der Waals surface area contributed by atoms with Crippen LogP contribution in [0.15, 0.2) is 18.2 Å². The maximum absolute atomic E-state index is 13.7.